The van der Waals surface area contributed by atoms with E-state index in [2.05, 4.69) is 15.5 Å². The second kappa shape index (κ2) is 6.95. The number of hydrogen-bond acceptors (Lipinski definition) is 6. The molecular formula is C17H19N5O2S. The smallest absolute Gasteiger partial charge is 0.247 e. The minimum atomic E-state index is -0.471. The van der Waals surface area contributed by atoms with Crippen LogP contribution in [0.2, 0.25) is 0 Å². The molecule has 1 aliphatic carbocycles. The van der Waals surface area contributed by atoms with Crippen molar-refractivity contribution in [3.8, 4) is 0 Å². The molecule has 1 saturated heterocycles. The molecule has 1 aliphatic heterocycles. The number of hydrogen-bond donors (Lipinski definition) is 0. The number of amides is 2. The molecule has 1 aromatic heterocycles. The van der Waals surface area contributed by atoms with E-state index in [0.29, 0.717) is 16.9 Å². The molecule has 1 saturated carbocycles. The summed E-state index contributed by atoms with van der Waals surface area (Å²) in [7, 11) is 0. The molecule has 0 bridgehead atoms. The number of aromatic nitrogens is 4. The molecular weight excluding hydrogens is 338 g/mol. The minimum absolute atomic E-state index is 0.176. The number of nitrogens with zero attached hydrogens (tertiary/aromatic N) is 5. The molecule has 2 amide bonds. The fourth-order valence-corrected chi connectivity index (χ4v) is 4.55. The van der Waals surface area contributed by atoms with Crippen LogP contribution in [0.15, 0.2) is 35.5 Å². The van der Waals surface area contributed by atoms with Crippen molar-refractivity contribution in [2.45, 2.75) is 55.0 Å². The molecule has 1 aromatic carbocycles. The first-order valence-corrected chi connectivity index (χ1v) is 9.48. The van der Waals surface area contributed by atoms with E-state index >= 15 is 0 Å². The van der Waals surface area contributed by atoms with Crippen LogP contribution in [-0.4, -0.2) is 37.3 Å². The van der Waals surface area contributed by atoms with Crippen LogP contribution in [0.5, 0.6) is 0 Å². The van der Waals surface area contributed by atoms with Gasteiger partial charge in [0, 0.05) is 6.42 Å². The highest BCUT2D eigenvalue weighted by atomic mass is 32.2. The molecule has 8 heteroatoms. The van der Waals surface area contributed by atoms with Crippen LogP contribution in [-0.2, 0) is 9.59 Å². The summed E-state index contributed by atoms with van der Waals surface area (Å²) in [6.45, 7) is 0. The van der Waals surface area contributed by atoms with Crippen molar-refractivity contribution >= 4 is 29.3 Å². The van der Waals surface area contributed by atoms with E-state index < -0.39 is 5.25 Å². The molecule has 2 fully saturated rings. The fourth-order valence-electron chi connectivity index (χ4n) is 3.49. The van der Waals surface area contributed by atoms with Crippen molar-refractivity contribution < 1.29 is 9.59 Å². The maximum atomic E-state index is 12.7. The molecule has 1 atom stereocenters. The molecule has 0 radical (unpaired) electrons. The SMILES string of the molecule is O=C1C[C@H](Sc2nnnn2C2CCCCC2)C(=O)N1c1ccccc1. The zero-order valence-corrected chi connectivity index (χ0v) is 14.6. The van der Waals surface area contributed by atoms with Gasteiger partial charge in [0.15, 0.2) is 0 Å². The maximum absolute atomic E-state index is 12.7. The van der Waals surface area contributed by atoms with E-state index in [9.17, 15) is 9.59 Å². The lowest BCUT2D eigenvalue weighted by Gasteiger charge is -2.22. The van der Waals surface area contributed by atoms with Gasteiger partial charge in [-0.1, -0.05) is 49.2 Å². The molecule has 2 aromatic rings. The third-order valence-electron chi connectivity index (χ3n) is 4.75. The van der Waals surface area contributed by atoms with Crippen LogP contribution < -0.4 is 4.90 Å². The van der Waals surface area contributed by atoms with E-state index in [1.807, 2.05) is 22.9 Å². The average Bonchev–Trinajstić information content (AvgIpc) is 3.21. The lowest BCUT2D eigenvalue weighted by atomic mass is 9.96. The number of carbonyl (C=O) groups excluding carboxylic acids is 2. The van der Waals surface area contributed by atoms with Gasteiger partial charge in [0.1, 0.15) is 5.25 Å². The van der Waals surface area contributed by atoms with Gasteiger partial charge < -0.3 is 0 Å². The number of carbonyl (C=O) groups is 2. The van der Waals surface area contributed by atoms with Gasteiger partial charge in [-0.3, -0.25) is 9.59 Å². The normalized spacial score (nSPS) is 21.9. The van der Waals surface area contributed by atoms with E-state index in [0.717, 1.165) is 12.8 Å². The predicted octanol–water partition coefficient (Wildman–Crippen LogP) is 2.60. The second-order valence-electron chi connectivity index (χ2n) is 6.41. The number of tetrazole rings is 1. The van der Waals surface area contributed by atoms with Gasteiger partial charge in [-0.2, -0.15) is 0 Å². The van der Waals surface area contributed by atoms with Gasteiger partial charge in [0.25, 0.3) is 0 Å². The second-order valence-corrected chi connectivity index (χ2v) is 7.58. The first kappa shape index (κ1) is 16.3. The molecule has 130 valence electrons. The van der Waals surface area contributed by atoms with Crippen LogP contribution in [0, 0.1) is 0 Å². The first-order chi connectivity index (χ1) is 12.2. The largest absolute Gasteiger partial charge is 0.274 e. The summed E-state index contributed by atoms with van der Waals surface area (Å²) in [6, 6.07) is 9.34. The number of thioether (sulfide) groups is 1. The molecule has 0 N–H and O–H groups in total. The number of rotatable bonds is 4. The Labute approximate surface area is 149 Å². The summed E-state index contributed by atoms with van der Waals surface area (Å²) in [5.74, 6) is -0.371. The highest BCUT2D eigenvalue weighted by Crippen LogP contribution is 2.35. The van der Waals surface area contributed by atoms with Gasteiger partial charge in [0.2, 0.25) is 17.0 Å². The van der Waals surface area contributed by atoms with Crippen LogP contribution in [0.25, 0.3) is 0 Å². The average molecular weight is 357 g/mol. The van der Waals surface area contributed by atoms with Crippen LogP contribution in [0.4, 0.5) is 5.69 Å². The highest BCUT2D eigenvalue weighted by molar-refractivity contribution is 8.00. The first-order valence-electron chi connectivity index (χ1n) is 8.60. The van der Waals surface area contributed by atoms with Crippen molar-refractivity contribution in [2.75, 3.05) is 4.90 Å². The van der Waals surface area contributed by atoms with Crippen molar-refractivity contribution in [3.63, 3.8) is 0 Å². The highest BCUT2D eigenvalue weighted by Gasteiger charge is 2.41. The van der Waals surface area contributed by atoms with Gasteiger partial charge in [0.05, 0.1) is 11.7 Å². The monoisotopic (exact) mass is 357 g/mol. The fraction of sp³-hybridized carbons (Fsp3) is 0.471. The summed E-state index contributed by atoms with van der Waals surface area (Å²) < 4.78 is 1.84. The summed E-state index contributed by atoms with van der Waals surface area (Å²) in [5.41, 5.74) is 0.618. The molecule has 0 spiro atoms. The number of para-hydroxylation sites is 1. The lowest BCUT2D eigenvalue weighted by molar-refractivity contribution is -0.121. The Morgan fingerprint density at radius 3 is 2.56 bits per heavy atom. The summed E-state index contributed by atoms with van der Waals surface area (Å²) in [6.07, 6.45) is 5.91. The van der Waals surface area contributed by atoms with E-state index in [4.69, 9.17) is 0 Å². The van der Waals surface area contributed by atoms with E-state index in [-0.39, 0.29) is 18.2 Å². The number of imide groups is 1. The quantitative estimate of drug-likeness (QED) is 0.783. The maximum Gasteiger partial charge on any atom is 0.247 e. The standard InChI is InChI=1S/C17H19N5O2S/c23-15-11-14(16(24)21(15)12-7-3-1-4-8-12)25-17-18-19-20-22(17)13-9-5-2-6-10-13/h1,3-4,7-8,13-14H,2,5-6,9-11H2/t14-/m0/s1. The molecule has 4 rings (SSSR count). The Morgan fingerprint density at radius 2 is 1.80 bits per heavy atom. The zero-order valence-electron chi connectivity index (χ0n) is 13.7. The van der Waals surface area contributed by atoms with Crippen molar-refractivity contribution in [1.29, 1.82) is 0 Å². The summed E-state index contributed by atoms with van der Waals surface area (Å²) in [5, 5.41) is 12.2. The number of anilines is 1. The molecule has 2 heterocycles. The van der Waals surface area contributed by atoms with Crippen molar-refractivity contribution in [2.24, 2.45) is 0 Å². The Hall–Kier alpha value is -2.22. The van der Waals surface area contributed by atoms with Gasteiger partial charge >= 0.3 is 0 Å². The topological polar surface area (TPSA) is 81.0 Å². The van der Waals surface area contributed by atoms with Gasteiger partial charge in [-0.25, -0.2) is 9.58 Å². The van der Waals surface area contributed by atoms with Crippen LogP contribution >= 0.6 is 11.8 Å². The van der Waals surface area contributed by atoms with Gasteiger partial charge in [-0.15, -0.1) is 5.10 Å². The third-order valence-corrected chi connectivity index (χ3v) is 5.88. The molecule has 2 aliphatic rings. The Kier molecular flexibility index (Phi) is 4.52. The zero-order chi connectivity index (χ0) is 17.2. The van der Waals surface area contributed by atoms with E-state index in [1.54, 1.807) is 12.1 Å². The third kappa shape index (κ3) is 3.18. The van der Waals surface area contributed by atoms with Crippen molar-refractivity contribution in [3.05, 3.63) is 30.3 Å². The van der Waals surface area contributed by atoms with Crippen LogP contribution in [0.1, 0.15) is 44.6 Å². The lowest BCUT2D eigenvalue weighted by Crippen LogP contribution is -2.31. The minimum Gasteiger partial charge on any atom is -0.274 e. The molecule has 7 nitrogen and oxygen atoms in total. The Balaban J connectivity index is 1.52. The summed E-state index contributed by atoms with van der Waals surface area (Å²) in [4.78, 5) is 26.4. The predicted molar refractivity (Wildman–Crippen MR) is 93.1 cm³/mol. The van der Waals surface area contributed by atoms with Crippen molar-refractivity contribution in [1.82, 2.24) is 20.2 Å². The van der Waals surface area contributed by atoms with Gasteiger partial charge in [-0.05, 0) is 35.4 Å². The molecule has 0 unspecified atom stereocenters. The molecule has 25 heavy (non-hydrogen) atoms. The Bertz CT molecular complexity index is 772. The number of benzene rings is 1. The summed E-state index contributed by atoms with van der Waals surface area (Å²) >= 11 is 1.30. The Morgan fingerprint density at radius 1 is 1.04 bits per heavy atom. The van der Waals surface area contributed by atoms with E-state index in [1.165, 1.54) is 35.9 Å². The van der Waals surface area contributed by atoms with Crippen LogP contribution in [0.3, 0.4) is 0 Å².